The van der Waals surface area contributed by atoms with Crippen molar-refractivity contribution in [2.24, 2.45) is 5.92 Å². The van der Waals surface area contributed by atoms with E-state index in [1.807, 2.05) is 26.1 Å². The van der Waals surface area contributed by atoms with Gasteiger partial charge >= 0.3 is 6.18 Å². The van der Waals surface area contributed by atoms with Crippen molar-refractivity contribution in [2.45, 2.75) is 38.9 Å². The first-order valence-electron chi connectivity index (χ1n) is 5.65. The SMILES string of the molecule is CC(C)(C)N1CC(C(=O)NCC(F)(F)F)CC1=O. The van der Waals surface area contributed by atoms with Crippen molar-refractivity contribution in [3.8, 4) is 0 Å². The molecule has 0 radical (unpaired) electrons. The van der Waals surface area contributed by atoms with E-state index in [1.54, 1.807) is 0 Å². The van der Waals surface area contributed by atoms with E-state index in [1.165, 1.54) is 4.90 Å². The molecule has 0 aromatic rings. The molecule has 4 nitrogen and oxygen atoms in total. The molecule has 0 aliphatic carbocycles. The molecule has 1 rings (SSSR count). The van der Waals surface area contributed by atoms with Crippen LogP contribution in [-0.4, -0.2) is 41.5 Å². The van der Waals surface area contributed by atoms with Gasteiger partial charge in [0.1, 0.15) is 6.54 Å². The smallest absolute Gasteiger partial charge is 0.347 e. The summed E-state index contributed by atoms with van der Waals surface area (Å²) in [5.41, 5.74) is -0.420. The van der Waals surface area contributed by atoms with Crippen molar-refractivity contribution in [2.75, 3.05) is 13.1 Å². The quantitative estimate of drug-likeness (QED) is 0.819. The molecule has 1 heterocycles. The highest BCUT2D eigenvalue weighted by molar-refractivity contribution is 5.89. The maximum atomic E-state index is 12.0. The van der Waals surface area contributed by atoms with Crippen LogP contribution in [0.1, 0.15) is 27.2 Å². The van der Waals surface area contributed by atoms with Gasteiger partial charge in [0.2, 0.25) is 11.8 Å². The van der Waals surface area contributed by atoms with E-state index in [0.717, 1.165) is 0 Å². The van der Waals surface area contributed by atoms with Gasteiger partial charge in [-0.05, 0) is 20.8 Å². The maximum absolute atomic E-state index is 12.0. The number of likely N-dealkylation sites (tertiary alicyclic amines) is 1. The molecule has 0 bridgehead atoms. The second-order valence-electron chi connectivity index (χ2n) is 5.41. The summed E-state index contributed by atoms with van der Waals surface area (Å²) in [6.45, 7) is 4.28. The van der Waals surface area contributed by atoms with Crippen molar-refractivity contribution >= 4 is 11.8 Å². The number of amides is 2. The van der Waals surface area contributed by atoms with Crippen molar-refractivity contribution in [3.63, 3.8) is 0 Å². The van der Waals surface area contributed by atoms with Crippen LogP contribution < -0.4 is 5.32 Å². The Bertz CT molecular complexity index is 347. The molecule has 18 heavy (non-hydrogen) atoms. The lowest BCUT2D eigenvalue weighted by Crippen LogP contribution is -2.43. The first-order valence-corrected chi connectivity index (χ1v) is 5.65. The van der Waals surface area contributed by atoms with Crippen molar-refractivity contribution < 1.29 is 22.8 Å². The van der Waals surface area contributed by atoms with Gasteiger partial charge in [-0.2, -0.15) is 13.2 Å². The summed E-state index contributed by atoms with van der Waals surface area (Å²) in [5.74, 6) is -1.61. The van der Waals surface area contributed by atoms with Crippen molar-refractivity contribution in [3.05, 3.63) is 0 Å². The normalized spacial score (nSPS) is 21.3. The van der Waals surface area contributed by atoms with Crippen LogP contribution in [0.3, 0.4) is 0 Å². The third-order valence-corrected chi connectivity index (χ3v) is 2.77. The van der Waals surface area contributed by atoms with Crippen molar-refractivity contribution in [1.29, 1.82) is 0 Å². The molecule has 7 heteroatoms. The summed E-state index contributed by atoms with van der Waals surface area (Å²) < 4.78 is 35.9. The number of hydrogen-bond acceptors (Lipinski definition) is 2. The van der Waals surface area contributed by atoms with Gasteiger partial charge < -0.3 is 10.2 Å². The van der Waals surface area contributed by atoms with Crippen molar-refractivity contribution in [1.82, 2.24) is 10.2 Å². The van der Waals surface area contributed by atoms with E-state index in [9.17, 15) is 22.8 Å². The summed E-state index contributed by atoms with van der Waals surface area (Å²) in [6.07, 6.45) is -4.46. The lowest BCUT2D eigenvalue weighted by molar-refractivity contribution is -0.140. The number of nitrogens with zero attached hydrogens (tertiary/aromatic N) is 1. The predicted octanol–water partition coefficient (Wildman–Crippen LogP) is 1.31. The summed E-state index contributed by atoms with van der Waals surface area (Å²) >= 11 is 0. The zero-order chi connectivity index (χ0) is 14.1. The minimum Gasteiger partial charge on any atom is -0.347 e. The summed E-state index contributed by atoms with van der Waals surface area (Å²) in [7, 11) is 0. The van der Waals surface area contributed by atoms with Gasteiger partial charge in [-0.3, -0.25) is 9.59 Å². The minimum absolute atomic E-state index is 0.0268. The molecular formula is C11H17F3N2O2. The van der Waals surface area contributed by atoms with Crippen LogP contribution in [0.15, 0.2) is 0 Å². The van der Waals surface area contributed by atoms with Gasteiger partial charge in [0.25, 0.3) is 0 Å². The third-order valence-electron chi connectivity index (χ3n) is 2.77. The van der Waals surface area contributed by atoms with Crippen LogP contribution in [0.5, 0.6) is 0 Å². The van der Waals surface area contributed by atoms with E-state index in [2.05, 4.69) is 0 Å². The zero-order valence-corrected chi connectivity index (χ0v) is 10.6. The Balaban J connectivity index is 2.56. The van der Waals surface area contributed by atoms with E-state index in [4.69, 9.17) is 0 Å². The first-order chi connectivity index (χ1) is 8.00. The second kappa shape index (κ2) is 4.78. The highest BCUT2D eigenvalue weighted by Gasteiger charge is 2.40. The zero-order valence-electron chi connectivity index (χ0n) is 10.6. The van der Waals surface area contributed by atoms with Crippen LogP contribution in [0, 0.1) is 5.92 Å². The fourth-order valence-electron chi connectivity index (χ4n) is 1.86. The Morgan fingerprint density at radius 1 is 1.39 bits per heavy atom. The van der Waals surface area contributed by atoms with Crippen LogP contribution in [0.2, 0.25) is 0 Å². The Morgan fingerprint density at radius 3 is 2.33 bits per heavy atom. The van der Waals surface area contributed by atoms with E-state index in [0.29, 0.717) is 0 Å². The average Bonchev–Trinajstić information content (AvgIpc) is 2.55. The molecule has 0 aromatic carbocycles. The van der Waals surface area contributed by atoms with Crippen LogP contribution >= 0.6 is 0 Å². The number of carbonyl (C=O) groups excluding carboxylic acids is 2. The summed E-state index contributed by atoms with van der Waals surface area (Å²) in [4.78, 5) is 24.7. The molecule has 104 valence electrons. The van der Waals surface area contributed by atoms with Gasteiger partial charge in [0.05, 0.1) is 5.92 Å². The van der Waals surface area contributed by atoms with Gasteiger partial charge in [-0.1, -0.05) is 0 Å². The molecule has 1 saturated heterocycles. The topological polar surface area (TPSA) is 49.4 Å². The van der Waals surface area contributed by atoms with Crippen LogP contribution in [0.25, 0.3) is 0 Å². The molecule has 1 N–H and O–H groups in total. The standard InChI is InChI=1S/C11H17F3N2O2/c1-10(2,3)16-5-7(4-8(16)17)9(18)15-6-11(12,13)14/h7H,4-6H2,1-3H3,(H,15,18). The van der Waals surface area contributed by atoms with E-state index in [-0.39, 0.29) is 18.9 Å². The fraction of sp³-hybridized carbons (Fsp3) is 0.818. The molecule has 1 aliphatic rings. The molecule has 0 saturated carbocycles. The highest BCUT2D eigenvalue weighted by Crippen LogP contribution is 2.26. The number of nitrogens with one attached hydrogen (secondary N) is 1. The predicted molar refractivity (Wildman–Crippen MR) is 58.6 cm³/mol. The number of carbonyl (C=O) groups is 2. The molecular weight excluding hydrogens is 249 g/mol. The average molecular weight is 266 g/mol. The van der Waals surface area contributed by atoms with Gasteiger partial charge in [-0.25, -0.2) is 0 Å². The molecule has 2 amide bonds. The molecule has 0 aromatic heterocycles. The minimum atomic E-state index is -4.43. The van der Waals surface area contributed by atoms with Crippen LogP contribution in [-0.2, 0) is 9.59 Å². The Morgan fingerprint density at radius 2 is 1.94 bits per heavy atom. The Kier molecular flexibility index (Phi) is 3.92. The largest absolute Gasteiger partial charge is 0.405 e. The fourth-order valence-corrected chi connectivity index (χ4v) is 1.86. The number of hydrogen-bond donors (Lipinski definition) is 1. The second-order valence-corrected chi connectivity index (χ2v) is 5.41. The summed E-state index contributed by atoms with van der Waals surface area (Å²) in [5, 5.41) is 1.81. The lowest BCUT2D eigenvalue weighted by Gasteiger charge is -2.31. The monoisotopic (exact) mass is 266 g/mol. The Labute approximate surface area is 104 Å². The number of halogens is 3. The van der Waals surface area contributed by atoms with Gasteiger partial charge in [0.15, 0.2) is 0 Å². The molecule has 1 aliphatic heterocycles. The summed E-state index contributed by atoms with van der Waals surface area (Å²) in [6, 6.07) is 0. The maximum Gasteiger partial charge on any atom is 0.405 e. The van der Waals surface area contributed by atoms with Gasteiger partial charge in [0, 0.05) is 18.5 Å². The molecule has 1 unspecified atom stereocenters. The molecule has 1 fully saturated rings. The molecule has 0 spiro atoms. The van der Waals surface area contributed by atoms with Crippen LogP contribution in [0.4, 0.5) is 13.2 Å². The van der Waals surface area contributed by atoms with E-state index >= 15 is 0 Å². The highest BCUT2D eigenvalue weighted by atomic mass is 19.4. The first kappa shape index (κ1) is 14.8. The van der Waals surface area contributed by atoms with E-state index < -0.39 is 30.1 Å². The number of rotatable bonds is 2. The third kappa shape index (κ3) is 3.89. The number of alkyl halides is 3. The van der Waals surface area contributed by atoms with Gasteiger partial charge in [-0.15, -0.1) is 0 Å². The Hall–Kier alpha value is -1.27. The lowest BCUT2D eigenvalue weighted by atomic mass is 10.1. The molecule has 1 atom stereocenters.